The summed E-state index contributed by atoms with van der Waals surface area (Å²) >= 11 is 1.94. The van der Waals surface area contributed by atoms with Crippen molar-refractivity contribution in [1.29, 1.82) is 0 Å². The van der Waals surface area contributed by atoms with Gasteiger partial charge < -0.3 is 18.9 Å². The number of benzene rings is 3. The minimum atomic E-state index is -3.42. The Kier molecular flexibility index (Phi) is 14.7. The first-order valence-corrected chi connectivity index (χ1v) is 16.3. The van der Waals surface area contributed by atoms with Crippen molar-refractivity contribution in [2.45, 2.75) is 11.2 Å². The lowest BCUT2D eigenvalue weighted by Gasteiger charge is -2.35. The van der Waals surface area contributed by atoms with Gasteiger partial charge in [-0.15, -0.1) is 11.8 Å². The fourth-order valence-electron chi connectivity index (χ4n) is 4.16. The Morgan fingerprint density at radius 1 is 0.550 bits per heavy atom. The van der Waals surface area contributed by atoms with Crippen LogP contribution in [-0.2, 0) is 38.0 Å². The van der Waals surface area contributed by atoms with E-state index < -0.39 is 10.1 Å². The van der Waals surface area contributed by atoms with Gasteiger partial charge in [-0.05, 0) is 28.9 Å². The highest BCUT2D eigenvalue weighted by atomic mass is 32.2. The van der Waals surface area contributed by atoms with Crippen molar-refractivity contribution in [2.75, 3.05) is 71.5 Å². The van der Waals surface area contributed by atoms with Gasteiger partial charge in [0.05, 0.1) is 63.9 Å². The SMILES string of the molecule is CS(=O)(=O)OCCOCCOCCOCCOCCCSC(c1ccccc1)(c1ccccc1)c1ccccc1. The molecule has 0 spiro atoms. The van der Waals surface area contributed by atoms with E-state index in [0.29, 0.717) is 46.2 Å². The number of ether oxygens (including phenoxy) is 4. The molecule has 7 nitrogen and oxygen atoms in total. The molecule has 0 aromatic heterocycles. The molecule has 0 N–H and O–H groups in total. The van der Waals surface area contributed by atoms with E-state index in [1.165, 1.54) is 16.7 Å². The number of rotatable bonds is 21. The van der Waals surface area contributed by atoms with Gasteiger partial charge in [-0.2, -0.15) is 8.42 Å². The lowest BCUT2D eigenvalue weighted by atomic mass is 9.84. The summed E-state index contributed by atoms with van der Waals surface area (Å²) in [5.41, 5.74) is 3.80. The van der Waals surface area contributed by atoms with Gasteiger partial charge in [0.1, 0.15) is 0 Å². The Balaban J connectivity index is 1.33. The van der Waals surface area contributed by atoms with Crippen molar-refractivity contribution < 1.29 is 31.5 Å². The van der Waals surface area contributed by atoms with Gasteiger partial charge >= 0.3 is 0 Å². The van der Waals surface area contributed by atoms with E-state index in [1.54, 1.807) is 0 Å². The second-order valence-electron chi connectivity index (χ2n) is 8.96. The highest BCUT2D eigenvalue weighted by molar-refractivity contribution is 8.00. The zero-order valence-corrected chi connectivity index (χ0v) is 24.7. The summed E-state index contributed by atoms with van der Waals surface area (Å²) in [5.74, 6) is 0.940. The maximum atomic E-state index is 10.8. The summed E-state index contributed by atoms with van der Waals surface area (Å²) in [5, 5.41) is 0. The van der Waals surface area contributed by atoms with Crippen LogP contribution in [0.4, 0.5) is 0 Å². The van der Waals surface area contributed by atoms with E-state index in [4.69, 9.17) is 18.9 Å². The van der Waals surface area contributed by atoms with E-state index >= 15 is 0 Å². The van der Waals surface area contributed by atoms with Gasteiger partial charge in [-0.1, -0.05) is 91.0 Å². The van der Waals surface area contributed by atoms with Crippen LogP contribution < -0.4 is 0 Å². The average molecular weight is 589 g/mol. The van der Waals surface area contributed by atoms with E-state index in [1.807, 2.05) is 11.8 Å². The summed E-state index contributed by atoms with van der Waals surface area (Å²) < 4.78 is 48.0. The summed E-state index contributed by atoms with van der Waals surface area (Å²) in [6, 6.07) is 32.2. The number of hydrogen-bond acceptors (Lipinski definition) is 8. The fourth-order valence-corrected chi connectivity index (χ4v) is 6.01. The number of thioether (sulfide) groups is 1. The molecule has 0 saturated carbocycles. The van der Waals surface area contributed by atoms with Gasteiger partial charge in [0.15, 0.2) is 0 Å². The van der Waals surface area contributed by atoms with Crippen molar-refractivity contribution in [1.82, 2.24) is 0 Å². The molecule has 0 radical (unpaired) electrons. The van der Waals surface area contributed by atoms with Gasteiger partial charge in [-0.3, -0.25) is 4.18 Å². The minimum Gasteiger partial charge on any atom is -0.379 e. The van der Waals surface area contributed by atoms with Crippen LogP contribution >= 0.6 is 11.8 Å². The van der Waals surface area contributed by atoms with Gasteiger partial charge in [-0.25, -0.2) is 0 Å². The summed E-state index contributed by atoms with van der Waals surface area (Å²) in [6.45, 7) is 3.64. The smallest absolute Gasteiger partial charge is 0.264 e. The van der Waals surface area contributed by atoms with Crippen LogP contribution in [-0.4, -0.2) is 79.9 Å². The molecule has 9 heteroatoms. The molecule has 0 heterocycles. The van der Waals surface area contributed by atoms with Crippen molar-refractivity contribution in [2.24, 2.45) is 0 Å². The molecule has 0 aliphatic rings. The largest absolute Gasteiger partial charge is 0.379 e. The molecule has 0 aliphatic heterocycles. The third-order valence-electron chi connectivity index (χ3n) is 5.93. The molecule has 0 atom stereocenters. The first-order valence-electron chi connectivity index (χ1n) is 13.5. The zero-order chi connectivity index (χ0) is 28.4. The maximum absolute atomic E-state index is 10.8. The van der Waals surface area contributed by atoms with Gasteiger partial charge in [0.25, 0.3) is 10.1 Å². The fraction of sp³-hybridized carbons (Fsp3) is 0.419. The predicted molar refractivity (Wildman–Crippen MR) is 160 cm³/mol. The zero-order valence-electron chi connectivity index (χ0n) is 23.1. The maximum Gasteiger partial charge on any atom is 0.264 e. The molecule has 0 aliphatic carbocycles. The summed E-state index contributed by atoms with van der Waals surface area (Å²) in [7, 11) is -3.42. The summed E-state index contributed by atoms with van der Waals surface area (Å²) in [4.78, 5) is 0. The molecular weight excluding hydrogens is 548 g/mol. The van der Waals surface area contributed by atoms with E-state index in [9.17, 15) is 8.42 Å². The van der Waals surface area contributed by atoms with Crippen LogP contribution in [0.2, 0.25) is 0 Å². The number of hydrogen-bond donors (Lipinski definition) is 0. The summed E-state index contributed by atoms with van der Waals surface area (Å²) in [6.07, 6.45) is 1.94. The third-order valence-corrected chi connectivity index (χ3v) is 8.16. The van der Waals surface area contributed by atoms with Crippen LogP contribution in [0.25, 0.3) is 0 Å². The van der Waals surface area contributed by atoms with Crippen molar-refractivity contribution in [3.63, 3.8) is 0 Å². The predicted octanol–water partition coefficient (Wildman–Crippen LogP) is 5.14. The molecule has 218 valence electrons. The highest BCUT2D eigenvalue weighted by Gasteiger charge is 2.36. The van der Waals surface area contributed by atoms with Crippen LogP contribution in [0.5, 0.6) is 0 Å². The molecule has 3 aromatic rings. The second kappa shape index (κ2) is 18.2. The normalized spacial score (nSPS) is 12.0. The molecular formula is C31H40O7S2. The Labute approximate surface area is 243 Å². The standard InChI is InChI=1S/C31H40O7S2/c1-40(32,33)38-26-25-37-24-23-36-22-21-35-20-19-34-18-11-27-39-31(28-12-5-2-6-13-28,29-14-7-3-8-15-29)30-16-9-4-10-17-30/h2-10,12-17H,11,18-27H2,1H3. The second-order valence-corrected chi connectivity index (χ2v) is 11.9. The molecule has 0 fully saturated rings. The molecule has 40 heavy (non-hydrogen) atoms. The Bertz CT molecular complexity index is 1060. The van der Waals surface area contributed by atoms with E-state index in [0.717, 1.165) is 18.4 Å². The molecule has 3 aromatic carbocycles. The van der Waals surface area contributed by atoms with Gasteiger partial charge in [0.2, 0.25) is 0 Å². The molecule has 0 unspecified atom stereocenters. The van der Waals surface area contributed by atoms with Crippen molar-refractivity contribution >= 4 is 21.9 Å². The average Bonchev–Trinajstić information content (AvgIpc) is 2.97. The Morgan fingerprint density at radius 3 is 1.27 bits per heavy atom. The highest BCUT2D eigenvalue weighted by Crippen LogP contribution is 2.48. The lowest BCUT2D eigenvalue weighted by molar-refractivity contribution is -0.00422. The third kappa shape index (κ3) is 11.3. The first kappa shape index (κ1) is 32.3. The van der Waals surface area contributed by atoms with Crippen LogP contribution in [0.1, 0.15) is 23.1 Å². The monoisotopic (exact) mass is 588 g/mol. The Hall–Kier alpha value is -2.24. The van der Waals surface area contributed by atoms with Gasteiger partial charge in [0, 0.05) is 6.61 Å². The van der Waals surface area contributed by atoms with Crippen LogP contribution in [0.15, 0.2) is 91.0 Å². The molecule has 0 bridgehead atoms. The quantitative estimate of drug-likeness (QED) is 0.0961. The van der Waals surface area contributed by atoms with Crippen LogP contribution in [0.3, 0.4) is 0 Å². The molecule has 0 saturated heterocycles. The van der Waals surface area contributed by atoms with E-state index in [-0.39, 0.29) is 18.0 Å². The van der Waals surface area contributed by atoms with Crippen molar-refractivity contribution in [3.05, 3.63) is 108 Å². The topological polar surface area (TPSA) is 80.3 Å². The van der Waals surface area contributed by atoms with Crippen molar-refractivity contribution in [3.8, 4) is 0 Å². The minimum absolute atomic E-state index is 0.00851. The Morgan fingerprint density at radius 2 is 0.900 bits per heavy atom. The molecule has 3 rings (SSSR count). The lowest BCUT2D eigenvalue weighted by Crippen LogP contribution is -2.26. The molecule has 0 amide bonds. The van der Waals surface area contributed by atoms with E-state index in [2.05, 4.69) is 95.2 Å². The van der Waals surface area contributed by atoms with Crippen LogP contribution in [0, 0.1) is 0 Å². The first-order chi connectivity index (χ1) is 19.5.